The van der Waals surface area contributed by atoms with Crippen LogP contribution in [-0.2, 0) is 17.8 Å². The van der Waals surface area contributed by atoms with E-state index < -0.39 is 0 Å². The molecule has 0 aliphatic carbocycles. The molecular weight excluding hydrogens is 326 g/mol. The number of fused-ring (bicyclic) bond motifs is 2. The standard InChI is InChI=1S/C21H23N3O2/c1-26-11-8-16-13-23-10-3-5-19(23)15-24(14-16)21(25)18-6-7-20-17(12-18)4-2-9-22-20/h2-7,9-10,12,16H,8,11,13-15H2,1H3/t16-/m1/s1. The number of hydrogen-bond acceptors (Lipinski definition) is 3. The fourth-order valence-corrected chi connectivity index (χ4v) is 3.69. The summed E-state index contributed by atoms with van der Waals surface area (Å²) in [5, 5.41) is 0.993. The van der Waals surface area contributed by atoms with Crippen LogP contribution in [0.4, 0.5) is 0 Å². The number of benzene rings is 1. The second-order valence-electron chi connectivity index (χ2n) is 6.90. The molecule has 1 aromatic carbocycles. The van der Waals surface area contributed by atoms with E-state index in [2.05, 4.69) is 27.9 Å². The van der Waals surface area contributed by atoms with Crippen molar-refractivity contribution in [2.45, 2.75) is 19.5 Å². The molecule has 0 unspecified atom stereocenters. The van der Waals surface area contributed by atoms with E-state index in [0.717, 1.165) is 36.0 Å². The summed E-state index contributed by atoms with van der Waals surface area (Å²) in [6.45, 7) is 3.03. The van der Waals surface area contributed by atoms with Crippen LogP contribution >= 0.6 is 0 Å². The van der Waals surface area contributed by atoms with Gasteiger partial charge in [0, 0.05) is 55.8 Å². The van der Waals surface area contributed by atoms with Crippen LogP contribution < -0.4 is 0 Å². The fourth-order valence-electron chi connectivity index (χ4n) is 3.69. The minimum absolute atomic E-state index is 0.0767. The van der Waals surface area contributed by atoms with Gasteiger partial charge in [-0.1, -0.05) is 6.07 Å². The minimum Gasteiger partial charge on any atom is -0.385 e. The molecule has 0 saturated carbocycles. The second kappa shape index (κ2) is 7.30. The lowest BCUT2D eigenvalue weighted by molar-refractivity contribution is 0.0705. The number of carbonyl (C=O) groups excluding carboxylic acids is 1. The molecule has 5 heteroatoms. The Morgan fingerprint density at radius 2 is 2.15 bits per heavy atom. The van der Waals surface area contributed by atoms with Crippen molar-refractivity contribution in [1.29, 1.82) is 0 Å². The highest BCUT2D eigenvalue weighted by atomic mass is 16.5. The SMILES string of the molecule is COCC[C@H]1CN(C(=O)c2ccc3ncccc3c2)Cc2cccn2C1. The van der Waals surface area contributed by atoms with Gasteiger partial charge in [-0.15, -0.1) is 0 Å². The van der Waals surface area contributed by atoms with Crippen molar-refractivity contribution in [2.75, 3.05) is 20.3 Å². The van der Waals surface area contributed by atoms with E-state index in [4.69, 9.17) is 4.74 Å². The highest BCUT2D eigenvalue weighted by molar-refractivity contribution is 5.97. The summed E-state index contributed by atoms with van der Waals surface area (Å²) >= 11 is 0. The predicted molar refractivity (Wildman–Crippen MR) is 101 cm³/mol. The predicted octanol–water partition coefficient (Wildman–Crippen LogP) is 3.35. The zero-order valence-corrected chi connectivity index (χ0v) is 15.0. The van der Waals surface area contributed by atoms with Crippen LogP contribution in [0.15, 0.2) is 54.9 Å². The Balaban J connectivity index is 1.62. The lowest BCUT2D eigenvalue weighted by atomic mass is 10.0. The topological polar surface area (TPSA) is 47.4 Å². The molecule has 0 N–H and O–H groups in total. The maximum absolute atomic E-state index is 13.2. The van der Waals surface area contributed by atoms with Crippen molar-refractivity contribution in [3.8, 4) is 0 Å². The van der Waals surface area contributed by atoms with Crippen LogP contribution in [0.2, 0.25) is 0 Å². The van der Waals surface area contributed by atoms with Crippen LogP contribution in [0.3, 0.4) is 0 Å². The molecule has 1 atom stereocenters. The maximum Gasteiger partial charge on any atom is 0.254 e. The second-order valence-corrected chi connectivity index (χ2v) is 6.90. The van der Waals surface area contributed by atoms with Gasteiger partial charge in [-0.2, -0.15) is 0 Å². The Morgan fingerprint density at radius 1 is 1.23 bits per heavy atom. The molecule has 1 aliphatic rings. The van der Waals surface area contributed by atoms with E-state index in [1.54, 1.807) is 13.3 Å². The summed E-state index contributed by atoms with van der Waals surface area (Å²) in [5.41, 5.74) is 2.81. The van der Waals surface area contributed by atoms with Gasteiger partial charge in [0.1, 0.15) is 0 Å². The Kier molecular flexibility index (Phi) is 4.71. The lowest BCUT2D eigenvalue weighted by Gasteiger charge is -2.24. The average Bonchev–Trinajstić information content (AvgIpc) is 3.03. The largest absolute Gasteiger partial charge is 0.385 e. The third kappa shape index (κ3) is 3.35. The molecule has 2 aromatic heterocycles. The molecule has 0 spiro atoms. The van der Waals surface area contributed by atoms with Crippen LogP contribution in [0.5, 0.6) is 0 Å². The van der Waals surface area contributed by atoms with Gasteiger partial charge in [0.2, 0.25) is 0 Å². The third-order valence-corrected chi connectivity index (χ3v) is 5.08. The normalized spacial score (nSPS) is 17.1. The van der Waals surface area contributed by atoms with Crippen molar-refractivity contribution in [3.63, 3.8) is 0 Å². The van der Waals surface area contributed by atoms with Crippen molar-refractivity contribution < 1.29 is 9.53 Å². The van der Waals surface area contributed by atoms with Gasteiger partial charge < -0.3 is 14.2 Å². The van der Waals surface area contributed by atoms with Crippen LogP contribution in [0, 0.1) is 5.92 Å². The molecule has 1 amide bonds. The molecule has 4 rings (SSSR count). The van der Waals surface area contributed by atoms with E-state index >= 15 is 0 Å². The quantitative estimate of drug-likeness (QED) is 0.726. The number of hydrogen-bond donors (Lipinski definition) is 0. The molecule has 0 radical (unpaired) electrons. The maximum atomic E-state index is 13.2. The molecule has 1 aliphatic heterocycles. The van der Waals surface area contributed by atoms with Gasteiger partial charge >= 0.3 is 0 Å². The van der Waals surface area contributed by atoms with E-state index in [9.17, 15) is 4.79 Å². The molecule has 0 bridgehead atoms. The zero-order chi connectivity index (χ0) is 17.9. The van der Waals surface area contributed by atoms with Crippen LogP contribution in [-0.4, -0.2) is 40.6 Å². The van der Waals surface area contributed by atoms with Crippen molar-refractivity contribution in [1.82, 2.24) is 14.5 Å². The molecule has 3 aromatic rings. The van der Waals surface area contributed by atoms with Gasteiger partial charge in [0.15, 0.2) is 0 Å². The van der Waals surface area contributed by atoms with Crippen molar-refractivity contribution >= 4 is 16.8 Å². The molecular formula is C21H23N3O2. The lowest BCUT2D eigenvalue weighted by Crippen LogP contribution is -2.34. The Morgan fingerprint density at radius 3 is 3.04 bits per heavy atom. The monoisotopic (exact) mass is 349 g/mol. The number of ether oxygens (including phenoxy) is 1. The van der Waals surface area contributed by atoms with E-state index in [-0.39, 0.29) is 5.91 Å². The number of aromatic nitrogens is 2. The Bertz CT molecular complexity index is 918. The molecule has 134 valence electrons. The summed E-state index contributed by atoms with van der Waals surface area (Å²) in [6, 6.07) is 13.8. The van der Waals surface area contributed by atoms with Crippen molar-refractivity contribution in [2.24, 2.45) is 5.92 Å². The summed E-state index contributed by atoms with van der Waals surface area (Å²) in [4.78, 5) is 19.5. The molecule has 26 heavy (non-hydrogen) atoms. The van der Waals surface area contributed by atoms with Gasteiger partial charge in [0.25, 0.3) is 5.91 Å². The summed E-state index contributed by atoms with van der Waals surface area (Å²) in [7, 11) is 1.73. The average molecular weight is 349 g/mol. The molecule has 5 nitrogen and oxygen atoms in total. The molecule has 0 saturated heterocycles. The van der Waals surface area contributed by atoms with E-state index in [1.165, 1.54) is 5.69 Å². The first-order valence-electron chi connectivity index (χ1n) is 9.01. The fraction of sp³-hybridized carbons (Fsp3) is 0.333. The van der Waals surface area contributed by atoms with Crippen molar-refractivity contribution in [3.05, 3.63) is 66.1 Å². The van der Waals surface area contributed by atoms with Crippen LogP contribution in [0.25, 0.3) is 10.9 Å². The first-order valence-corrected chi connectivity index (χ1v) is 9.01. The number of carbonyl (C=O) groups is 1. The molecule has 3 heterocycles. The number of nitrogens with zero attached hydrogens (tertiary/aromatic N) is 3. The van der Waals surface area contributed by atoms with Gasteiger partial charge in [0.05, 0.1) is 12.1 Å². The zero-order valence-electron chi connectivity index (χ0n) is 15.0. The number of amides is 1. The molecule has 0 fully saturated rings. The summed E-state index contributed by atoms with van der Waals surface area (Å²) < 4.78 is 7.53. The number of methoxy groups -OCH3 is 1. The highest BCUT2D eigenvalue weighted by Gasteiger charge is 2.25. The Hall–Kier alpha value is -2.66. The van der Waals surface area contributed by atoms with Crippen LogP contribution in [0.1, 0.15) is 22.5 Å². The smallest absolute Gasteiger partial charge is 0.254 e. The Labute approximate surface area is 153 Å². The number of pyridine rings is 1. The first kappa shape index (κ1) is 16.8. The first-order chi connectivity index (χ1) is 12.7. The van der Waals surface area contributed by atoms with Gasteiger partial charge in [-0.25, -0.2) is 0 Å². The van der Waals surface area contributed by atoms with E-state index in [1.807, 2.05) is 35.2 Å². The minimum atomic E-state index is 0.0767. The van der Waals surface area contributed by atoms with Gasteiger partial charge in [-0.05, 0) is 48.7 Å². The highest BCUT2D eigenvalue weighted by Crippen LogP contribution is 2.22. The third-order valence-electron chi connectivity index (χ3n) is 5.08. The summed E-state index contributed by atoms with van der Waals surface area (Å²) in [6.07, 6.45) is 4.82. The number of rotatable bonds is 4. The van der Waals surface area contributed by atoms with E-state index in [0.29, 0.717) is 19.1 Å². The van der Waals surface area contributed by atoms with Gasteiger partial charge in [-0.3, -0.25) is 9.78 Å². The summed E-state index contributed by atoms with van der Waals surface area (Å²) in [5.74, 6) is 0.461.